The third-order valence-corrected chi connectivity index (χ3v) is 8.87. The van der Waals surface area contributed by atoms with Crippen molar-refractivity contribution in [3.05, 3.63) is 101 Å². The maximum absolute atomic E-state index is 14.4. The van der Waals surface area contributed by atoms with Gasteiger partial charge in [-0.05, 0) is 59.6 Å². The Morgan fingerprint density at radius 2 is 1.49 bits per heavy atom. The number of thioether (sulfide) groups is 1. The molecule has 1 aliphatic rings. The molecule has 204 valence electrons. The molecule has 0 radical (unpaired) electrons. The van der Waals surface area contributed by atoms with Crippen molar-refractivity contribution in [2.24, 2.45) is 0 Å². The van der Waals surface area contributed by atoms with E-state index in [9.17, 15) is 15.3 Å². The topological polar surface area (TPSA) is 107 Å². The first-order valence-electron chi connectivity index (χ1n) is 13.8. The first-order valence-corrected chi connectivity index (χ1v) is 14.7. The lowest BCUT2D eigenvalue weighted by atomic mass is 9.94. The highest BCUT2D eigenvalue weighted by Gasteiger charge is 2.32. The third-order valence-electron chi connectivity index (χ3n) is 7.53. The van der Waals surface area contributed by atoms with Crippen LogP contribution in [0.5, 0.6) is 0 Å². The number of nitriles is 2. The molecule has 6 nitrogen and oxygen atoms in total. The van der Waals surface area contributed by atoms with Crippen LogP contribution in [-0.2, 0) is 17.6 Å². The number of aryl methyl sites for hydroxylation is 2. The van der Waals surface area contributed by atoms with E-state index in [0.29, 0.717) is 28.5 Å². The Bertz CT molecular complexity index is 1650. The largest absolute Gasteiger partial charge is 0.383 e. The lowest BCUT2D eigenvalue weighted by Crippen LogP contribution is -2.34. The highest BCUT2D eigenvalue weighted by Crippen LogP contribution is 2.41. The van der Waals surface area contributed by atoms with Crippen molar-refractivity contribution in [3.8, 4) is 23.3 Å². The van der Waals surface area contributed by atoms with E-state index in [0.717, 1.165) is 40.9 Å². The van der Waals surface area contributed by atoms with Crippen LogP contribution in [0, 0.1) is 22.7 Å². The van der Waals surface area contributed by atoms with Crippen molar-refractivity contribution >= 4 is 34.9 Å². The molecule has 0 fully saturated rings. The molecular formula is C34H31N5OS. The minimum Gasteiger partial charge on any atom is -0.383 e. The van der Waals surface area contributed by atoms with Gasteiger partial charge in [0.2, 0.25) is 5.91 Å². The van der Waals surface area contributed by atoms with Crippen LogP contribution >= 0.6 is 11.8 Å². The Hall–Kier alpha value is -4.59. The van der Waals surface area contributed by atoms with Gasteiger partial charge in [-0.15, -0.1) is 0 Å². The van der Waals surface area contributed by atoms with Crippen molar-refractivity contribution in [3.63, 3.8) is 0 Å². The van der Waals surface area contributed by atoms with E-state index in [1.165, 1.54) is 11.8 Å². The van der Waals surface area contributed by atoms with Crippen LogP contribution in [0.3, 0.4) is 0 Å². The monoisotopic (exact) mass is 557 g/mol. The predicted molar refractivity (Wildman–Crippen MR) is 165 cm³/mol. The predicted octanol–water partition coefficient (Wildman–Crippen LogP) is 7.53. The minimum absolute atomic E-state index is 0.0460. The second-order valence-corrected chi connectivity index (χ2v) is 11.6. The van der Waals surface area contributed by atoms with E-state index < -0.39 is 5.25 Å². The highest BCUT2D eigenvalue weighted by atomic mass is 32.2. The molecule has 0 saturated heterocycles. The quantitative estimate of drug-likeness (QED) is 0.246. The molecule has 41 heavy (non-hydrogen) atoms. The number of carbonyl (C=O) groups is 1. The average Bonchev–Trinajstić information content (AvgIpc) is 3.16. The second kappa shape index (κ2) is 11.9. The summed E-state index contributed by atoms with van der Waals surface area (Å²) in [6.07, 6.45) is 2.19. The number of anilines is 3. The molecule has 1 atom stereocenters. The summed E-state index contributed by atoms with van der Waals surface area (Å²) in [6.45, 7) is 6.17. The van der Waals surface area contributed by atoms with Gasteiger partial charge in [-0.3, -0.25) is 9.69 Å². The molecule has 0 aliphatic carbocycles. The van der Waals surface area contributed by atoms with E-state index in [1.54, 1.807) is 0 Å². The Labute approximate surface area is 245 Å². The zero-order chi connectivity index (χ0) is 29.1. The fourth-order valence-electron chi connectivity index (χ4n) is 5.31. The number of nitrogens with two attached hydrogens (primary N) is 1. The zero-order valence-corrected chi connectivity index (χ0v) is 24.2. The number of para-hydroxylation sites is 2. The molecule has 1 unspecified atom stereocenters. The number of hydrogen-bond donors (Lipinski definition) is 1. The van der Waals surface area contributed by atoms with E-state index >= 15 is 0 Å². The number of amides is 1. The van der Waals surface area contributed by atoms with E-state index in [2.05, 4.69) is 43.1 Å². The summed E-state index contributed by atoms with van der Waals surface area (Å²) >= 11 is 1.23. The van der Waals surface area contributed by atoms with Crippen molar-refractivity contribution in [2.75, 3.05) is 10.6 Å². The molecule has 0 bridgehead atoms. The molecule has 4 aromatic rings. The van der Waals surface area contributed by atoms with Gasteiger partial charge < -0.3 is 5.73 Å². The molecule has 1 aromatic heterocycles. The van der Waals surface area contributed by atoms with Gasteiger partial charge >= 0.3 is 0 Å². The SMILES string of the molecule is CCC(Sc1nc(N)c(C#N)c(-c2ccc(C(C)C)cc2)c1C#N)C(=O)N1c2ccccc2CCc2ccccc21. The van der Waals surface area contributed by atoms with Crippen LogP contribution in [0.1, 0.15) is 60.9 Å². The summed E-state index contributed by atoms with van der Waals surface area (Å²) in [7, 11) is 0. The zero-order valence-electron chi connectivity index (χ0n) is 23.4. The summed E-state index contributed by atoms with van der Waals surface area (Å²) in [4.78, 5) is 20.7. The number of aromatic nitrogens is 1. The number of pyridine rings is 1. The van der Waals surface area contributed by atoms with Gasteiger partial charge in [-0.25, -0.2) is 4.98 Å². The molecule has 0 saturated carbocycles. The summed E-state index contributed by atoms with van der Waals surface area (Å²) in [5.41, 5.74) is 13.0. The maximum Gasteiger partial charge on any atom is 0.245 e. The van der Waals surface area contributed by atoms with Gasteiger partial charge in [-0.2, -0.15) is 10.5 Å². The number of fused-ring (bicyclic) bond motifs is 2. The Morgan fingerprint density at radius 3 is 2.00 bits per heavy atom. The molecule has 1 aliphatic heterocycles. The Morgan fingerprint density at radius 1 is 0.927 bits per heavy atom. The fraction of sp³-hybridized carbons (Fsp3) is 0.235. The van der Waals surface area contributed by atoms with Crippen LogP contribution in [0.15, 0.2) is 77.8 Å². The standard InChI is InChI=1S/C34H31N5OS/c1-4-30(34(40)39-28-11-7-5-9-23(28)15-16-24-10-6-8-12-29(24)39)41-33-27(20-36)31(26(19-35)32(37)38-33)25-17-13-22(14-18-25)21(2)3/h5-14,17-18,21,30H,4,15-16H2,1-3H3,(H2,37,38). The molecule has 1 amide bonds. The summed E-state index contributed by atoms with van der Waals surface area (Å²) in [5, 5.41) is 20.1. The van der Waals surface area contributed by atoms with Crippen molar-refractivity contribution < 1.29 is 4.79 Å². The third kappa shape index (κ3) is 5.29. The van der Waals surface area contributed by atoms with Crippen molar-refractivity contribution in [1.29, 1.82) is 10.5 Å². The van der Waals surface area contributed by atoms with Crippen LogP contribution < -0.4 is 10.6 Å². The van der Waals surface area contributed by atoms with Gasteiger partial charge in [-0.1, -0.05) is 93.2 Å². The minimum atomic E-state index is -0.544. The Kier molecular flexibility index (Phi) is 8.10. The molecule has 2 heterocycles. The maximum atomic E-state index is 14.4. The lowest BCUT2D eigenvalue weighted by molar-refractivity contribution is -0.117. The number of rotatable bonds is 6. The highest BCUT2D eigenvalue weighted by molar-refractivity contribution is 8.00. The van der Waals surface area contributed by atoms with Crippen LogP contribution in [0.4, 0.5) is 17.2 Å². The fourth-order valence-corrected chi connectivity index (χ4v) is 6.37. The van der Waals surface area contributed by atoms with E-state index in [4.69, 9.17) is 5.73 Å². The van der Waals surface area contributed by atoms with E-state index in [1.807, 2.05) is 72.5 Å². The Balaban J connectivity index is 1.59. The van der Waals surface area contributed by atoms with Gasteiger partial charge in [0, 0.05) is 5.56 Å². The van der Waals surface area contributed by atoms with Gasteiger partial charge in [0.15, 0.2) is 0 Å². The van der Waals surface area contributed by atoms with Crippen LogP contribution in [0.25, 0.3) is 11.1 Å². The van der Waals surface area contributed by atoms with Crippen LogP contribution in [-0.4, -0.2) is 16.1 Å². The average molecular weight is 558 g/mol. The number of benzene rings is 3. The molecule has 5 rings (SSSR count). The first kappa shape index (κ1) is 28.0. The van der Waals surface area contributed by atoms with Gasteiger partial charge in [0.25, 0.3) is 0 Å². The van der Waals surface area contributed by atoms with Crippen LogP contribution in [0.2, 0.25) is 0 Å². The van der Waals surface area contributed by atoms with Gasteiger partial charge in [0.1, 0.15) is 28.5 Å². The summed E-state index contributed by atoms with van der Waals surface area (Å²) in [6, 6.07) is 28.3. The number of nitrogens with zero attached hydrogens (tertiary/aromatic N) is 4. The lowest BCUT2D eigenvalue weighted by Gasteiger charge is -2.28. The smallest absolute Gasteiger partial charge is 0.245 e. The molecule has 3 aromatic carbocycles. The normalized spacial score (nSPS) is 13.0. The number of hydrogen-bond acceptors (Lipinski definition) is 6. The second-order valence-electron chi connectivity index (χ2n) is 10.4. The number of nitrogen functional groups attached to an aromatic ring is 1. The first-order chi connectivity index (χ1) is 19.9. The molecule has 0 spiro atoms. The molecular weight excluding hydrogens is 526 g/mol. The van der Waals surface area contributed by atoms with Crippen molar-refractivity contribution in [1.82, 2.24) is 4.98 Å². The number of carbonyl (C=O) groups excluding carboxylic acids is 1. The summed E-state index contributed by atoms with van der Waals surface area (Å²) < 4.78 is 0. The van der Waals surface area contributed by atoms with Crippen molar-refractivity contribution in [2.45, 2.75) is 56.2 Å². The molecule has 7 heteroatoms. The van der Waals surface area contributed by atoms with Gasteiger partial charge in [0.05, 0.1) is 22.2 Å². The van der Waals surface area contributed by atoms with E-state index in [-0.39, 0.29) is 22.9 Å². The molecule has 2 N–H and O–H groups in total. The summed E-state index contributed by atoms with van der Waals surface area (Å²) in [5.74, 6) is 0.301.